The van der Waals surface area contributed by atoms with Crippen LogP contribution in [0.25, 0.3) is 0 Å². The maximum Gasteiger partial charge on any atom is 0.269 e. The smallest absolute Gasteiger partial charge is 0.269 e. The summed E-state index contributed by atoms with van der Waals surface area (Å²) < 4.78 is 54.4. The van der Waals surface area contributed by atoms with E-state index in [0.29, 0.717) is 13.0 Å². The molecule has 3 aromatic rings. The highest BCUT2D eigenvalue weighted by molar-refractivity contribution is 7.90. The van der Waals surface area contributed by atoms with Gasteiger partial charge < -0.3 is 15.7 Å². The van der Waals surface area contributed by atoms with Crippen molar-refractivity contribution in [3.63, 3.8) is 0 Å². The third-order valence-corrected chi connectivity index (χ3v) is 8.76. The van der Waals surface area contributed by atoms with Crippen LogP contribution in [0.3, 0.4) is 0 Å². The van der Waals surface area contributed by atoms with E-state index in [9.17, 15) is 31.9 Å². The van der Waals surface area contributed by atoms with Crippen LogP contribution in [0.4, 0.5) is 8.78 Å². The second-order valence-corrected chi connectivity index (χ2v) is 11.9. The zero-order valence-corrected chi connectivity index (χ0v) is 24.9. The van der Waals surface area contributed by atoms with Crippen molar-refractivity contribution in [3.05, 3.63) is 100 Å². The number of aliphatic hydroxyl groups is 1. The van der Waals surface area contributed by atoms with Crippen molar-refractivity contribution in [2.24, 2.45) is 0 Å². The highest BCUT2D eigenvalue weighted by atomic mass is 35.5. The fourth-order valence-electron chi connectivity index (χ4n) is 4.82. The van der Waals surface area contributed by atoms with Crippen molar-refractivity contribution in [1.82, 2.24) is 14.9 Å². The number of halogens is 3. The van der Waals surface area contributed by atoms with E-state index in [0.717, 1.165) is 40.6 Å². The maximum atomic E-state index is 13.9. The first-order valence-electron chi connectivity index (χ1n) is 13.5. The lowest BCUT2D eigenvalue weighted by atomic mass is 9.99. The molecule has 0 saturated carbocycles. The van der Waals surface area contributed by atoms with E-state index in [4.69, 9.17) is 0 Å². The Kier molecular flexibility index (Phi) is 11.2. The van der Waals surface area contributed by atoms with Gasteiger partial charge in [-0.2, -0.15) is 0 Å². The molecule has 1 heterocycles. The van der Waals surface area contributed by atoms with Crippen molar-refractivity contribution >= 4 is 34.2 Å². The predicted octanol–water partition coefficient (Wildman–Crippen LogP) is 4.00. The van der Waals surface area contributed by atoms with Gasteiger partial charge in [0.15, 0.2) is 0 Å². The number of carbonyl (C=O) groups is 2. The normalized spacial score (nSPS) is 15.1. The minimum atomic E-state index is -4.10. The van der Waals surface area contributed by atoms with Crippen LogP contribution in [0.15, 0.2) is 65.6 Å². The van der Waals surface area contributed by atoms with Crippen LogP contribution >= 0.6 is 12.4 Å². The Morgan fingerprint density at radius 2 is 1.67 bits per heavy atom. The summed E-state index contributed by atoms with van der Waals surface area (Å²) in [5, 5.41) is 16.9. The first-order chi connectivity index (χ1) is 19.5. The summed E-state index contributed by atoms with van der Waals surface area (Å²) in [5.41, 5.74) is 2.35. The number of amides is 2. The molecule has 0 unspecified atom stereocenters. The molecule has 42 heavy (non-hydrogen) atoms. The third kappa shape index (κ3) is 7.52. The average Bonchev–Trinajstić information content (AvgIpc) is 3.12. The van der Waals surface area contributed by atoms with Gasteiger partial charge in [-0.25, -0.2) is 21.5 Å². The van der Waals surface area contributed by atoms with Gasteiger partial charge in [0.05, 0.1) is 17.7 Å². The van der Waals surface area contributed by atoms with Gasteiger partial charge in [0.1, 0.15) is 16.5 Å². The highest BCUT2D eigenvalue weighted by Gasteiger charge is 2.41. The molecule has 0 aliphatic carbocycles. The molecule has 0 aromatic heterocycles. The molecule has 0 spiro atoms. The molecular weight excluding hydrogens is 588 g/mol. The van der Waals surface area contributed by atoms with Crippen molar-refractivity contribution in [2.75, 3.05) is 13.1 Å². The van der Waals surface area contributed by atoms with Crippen LogP contribution < -0.4 is 10.6 Å². The lowest BCUT2D eigenvalue weighted by molar-refractivity contribution is 0.0827. The van der Waals surface area contributed by atoms with Gasteiger partial charge in [-0.3, -0.25) is 9.59 Å². The quantitative estimate of drug-likeness (QED) is 0.282. The molecule has 226 valence electrons. The van der Waals surface area contributed by atoms with E-state index >= 15 is 0 Å². The van der Waals surface area contributed by atoms with Crippen molar-refractivity contribution in [1.29, 1.82) is 0 Å². The lowest BCUT2D eigenvalue weighted by Crippen LogP contribution is -2.48. The number of hydrogen-bond acceptors (Lipinski definition) is 6. The number of rotatable bonds is 12. The Labute approximate surface area is 250 Å². The molecule has 3 aromatic carbocycles. The molecule has 1 aliphatic rings. The zero-order valence-electron chi connectivity index (χ0n) is 23.3. The molecule has 2 atom stereocenters. The number of nitrogens with one attached hydrogen (secondary N) is 2. The lowest BCUT2D eigenvalue weighted by Gasteiger charge is -2.25. The van der Waals surface area contributed by atoms with Gasteiger partial charge in [-0.15, -0.1) is 12.4 Å². The number of fused-ring (bicyclic) bond motifs is 1. The molecule has 3 N–H and O–H groups in total. The summed E-state index contributed by atoms with van der Waals surface area (Å²) in [6.07, 6.45) is 0.0498. The summed E-state index contributed by atoms with van der Waals surface area (Å²) in [5.74, 6) is -2.94. The van der Waals surface area contributed by atoms with Crippen molar-refractivity contribution in [2.45, 2.75) is 56.7 Å². The highest BCUT2D eigenvalue weighted by Crippen LogP contribution is 2.31. The Balaban J connectivity index is 0.00000484. The Morgan fingerprint density at radius 1 is 0.976 bits per heavy atom. The fraction of sp³-hybridized carbons (Fsp3) is 0.333. The van der Waals surface area contributed by atoms with Gasteiger partial charge in [-0.05, 0) is 66.3 Å². The molecule has 0 bridgehead atoms. The fourth-order valence-corrected chi connectivity index (χ4v) is 6.51. The minimum Gasteiger partial charge on any atom is -0.390 e. The van der Waals surface area contributed by atoms with E-state index in [1.165, 1.54) is 17.7 Å². The summed E-state index contributed by atoms with van der Waals surface area (Å²) >= 11 is 0. The number of sulfonamides is 1. The van der Waals surface area contributed by atoms with Gasteiger partial charge in [0.25, 0.3) is 21.8 Å². The second kappa shape index (κ2) is 14.2. The monoisotopic (exact) mass is 621 g/mol. The molecule has 0 saturated heterocycles. The van der Waals surface area contributed by atoms with Gasteiger partial charge in [-0.1, -0.05) is 38.1 Å². The van der Waals surface area contributed by atoms with E-state index in [1.807, 2.05) is 31.2 Å². The predicted molar refractivity (Wildman–Crippen MR) is 157 cm³/mol. The Morgan fingerprint density at radius 3 is 2.33 bits per heavy atom. The van der Waals surface area contributed by atoms with Crippen molar-refractivity contribution in [3.8, 4) is 0 Å². The first-order valence-corrected chi connectivity index (χ1v) is 14.9. The number of hydrogen-bond donors (Lipinski definition) is 3. The number of aryl methyl sites for hydroxylation is 1. The molecule has 0 fully saturated rings. The van der Waals surface area contributed by atoms with Crippen LogP contribution in [0, 0.1) is 11.6 Å². The number of nitrogens with zero attached hydrogens (tertiary/aromatic N) is 1. The van der Waals surface area contributed by atoms with Crippen LogP contribution in [0.2, 0.25) is 0 Å². The van der Waals surface area contributed by atoms with Crippen molar-refractivity contribution < 1.29 is 31.9 Å². The van der Waals surface area contributed by atoms with Gasteiger partial charge in [0.2, 0.25) is 0 Å². The maximum absolute atomic E-state index is 13.9. The topological polar surface area (TPSA) is 116 Å². The van der Waals surface area contributed by atoms with E-state index in [2.05, 4.69) is 10.6 Å². The molecule has 4 rings (SSSR count). The third-order valence-electron chi connectivity index (χ3n) is 6.94. The molecular formula is C30H34ClF2N3O5S. The summed E-state index contributed by atoms with van der Waals surface area (Å²) in [6, 6.07) is 13.7. The molecule has 12 heteroatoms. The summed E-state index contributed by atoms with van der Waals surface area (Å²) in [7, 11) is -4.10. The minimum absolute atomic E-state index is 0. The number of carbonyl (C=O) groups excluding carboxylic acids is 2. The molecule has 2 amide bonds. The van der Waals surface area contributed by atoms with Crippen LogP contribution in [-0.2, 0) is 29.4 Å². The summed E-state index contributed by atoms with van der Waals surface area (Å²) in [4.78, 5) is 25.6. The first kappa shape index (κ1) is 33.1. The second-order valence-electron chi connectivity index (χ2n) is 10.0. The zero-order chi connectivity index (χ0) is 29.7. The SMILES string of the molecule is CCCN1C(=O)c2ccc(C(=O)N[C@@H](Cc3cc(F)cc(F)c3)[C@H](O)CNCc3cccc(CC)c3)cc2S1(=O)=O.Cl. The Bertz CT molecular complexity index is 1530. The van der Waals surface area contributed by atoms with E-state index < -0.39 is 45.6 Å². The van der Waals surface area contributed by atoms with E-state index in [1.54, 1.807) is 6.92 Å². The van der Waals surface area contributed by atoms with Gasteiger partial charge >= 0.3 is 0 Å². The van der Waals surface area contributed by atoms with Crippen LogP contribution in [0.5, 0.6) is 0 Å². The molecule has 8 nitrogen and oxygen atoms in total. The number of benzene rings is 3. The standard InChI is InChI=1S/C30H33F2N3O5S.ClH/c1-3-10-35-30(38)25-9-8-22(15-28(25)41(35,39)40)29(37)34-26(14-21-12-23(31)16-24(32)13-21)27(36)18-33-17-20-7-5-6-19(4-2)11-20;/h5-9,11-13,15-16,26-27,33,36H,3-4,10,14,17-18H2,1-2H3,(H,34,37);1H/t26-,27+;/m0./s1. The molecule has 1 aliphatic heterocycles. The van der Waals surface area contributed by atoms with Crippen LogP contribution in [-0.4, -0.2) is 54.9 Å². The Hall–Kier alpha value is -3.38. The van der Waals surface area contributed by atoms with Gasteiger partial charge in [0, 0.05) is 31.3 Å². The van der Waals surface area contributed by atoms with Crippen LogP contribution in [0.1, 0.15) is 57.7 Å². The summed E-state index contributed by atoms with van der Waals surface area (Å²) in [6.45, 7) is 4.32. The largest absolute Gasteiger partial charge is 0.390 e. The van der Waals surface area contributed by atoms with E-state index in [-0.39, 0.29) is 53.5 Å². The average molecular weight is 622 g/mol. The number of aliphatic hydroxyl groups excluding tert-OH is 1. The molecule has 0 radical (unpaired) electrons.